The molecular weight excluding hydrogens is 307 g/mol. The van der Waals surface area contributed by atoms with Crippen LogP contribution in [0.3, 0.4) is 0 Å². The van der Waals surface area contributed by atoms with Crippen molar-refractivity contribution < 1.29 is 5.11 Å². The summed E-state index contributed by atoms with van der Waals surface area (Å²) in [6, 6.07) is 10.3. The van der Waals surface area contributed by atoms with E-state index >= 15 is 0 Å². The van der Waals surface area contributed by atoms with Gasteiger partial charge in [0.05, 0.1) is 6.10 Å². The summed E-state index contributed by atoms with van der Waals surface area (Å²) >= 11 is 4.05. The van der Waals surface area contributed by atoms with Crippen molar-refractivity contribution in [3.8, 4) is 0 Å². The van der Waals surface area contributed by atoms with Gasteiger partial charge in [-0.1, -0.05) is 18.2 Å². The molecule has 0 aromatic heterocycles. The maximum atomic E-state index is 9.13. The van der Waals surface area contributed by atoms with Crippen LogP contribution in [-0.4, -0.2) is 17.0 Å². The molecule has 0 spiro atoms. The Morgan fingerprint density at radius 3 is 2.71 bits per heavy atom. The van der Waals surface area contributed by atoms with Gasteiger partial charge >= 0.3 is 0 Å². The van der Waals surface area contributed by atoms with E-state index in [1.807, 2.05) is 24.3 Å². The summed E-state index contributed by atoms with van der Waals surface area (Å²) in [5.74, 6) is 0.926. The smallest absolute Gasteiger partial charge is 0.0703 e. The summed E-state index contributed by atoms with van der Waals surface area (Å²) in [5, 5.41) is 9.13. The number of rotatable bonds is 4. The Labute approximate surface area is 103 Å². The molecule has 0 aliphatic rings. The average molecular weight is 320 g/mol. The summed E-state index contributed by atoms with van der Waals surface area (Å²) < 4.78 is 1.19. The van der Waals surface area contributed by atoms with E-state index in [0.29, 0.717) is 0 Å². The van der Waals surface area contributed by atoms with Gasteiger partial charge in [-0.15, -0.1) is 11.8 Å². The minimum Gasteiger partial charge on any atom is -0.389 e. The Morgan fingerprint density at radius 2 is 2.14 bits per heavy atom. The normalized spacial score (nSPS) is 14.1. The lowest BCUT2D eigenvalue weighted by molar-refractivity contribution is 0.244. The van der Waals surface area contributed by atoms with Crippen molar-refractivity contribution in [2.24, 2.45) is 0 Å². The predicted molar refractivity (Wildman–Crippen MR) is 70.9 cm³/mol. The van der Waals surface area contributed by atoms with Gasteiger partial charge in [0.1, 0.15) is 0 Å². The molecule has 0 saturated carbocycles. The van der Waals surface area contributed by atoms with Crippen LogP contribution in [-0.2, 0) is 0 Å². The molecule has 0 aliphatic heterocycles. The van der Waals surface area contributed by atoms with Crippen molar-refractivity contribution in [1.82, 2.24) is 0 Å². The van der Waals surface area contributed by atoms with Crippen molar-refractivity contribution in [3.05, 3.63) is 40.0 Å². The molecule has 0 radical (unpaired) electrons. The lowest BCUT2D eigenvalue weighted by Gasteiger charge is -2.01. The van der Waals surface area contributed by atoms with Gasteiger partial charge in [-0.05, 0) is 51.3 Å². The van der Waals surface area contributed by atoms with Crippen LogP contribution in [0.2, 0.25) is 0 Å². The second-order valence-electron chi connectivity index (χ2n) is 2.96. The van der Waals surface area contributed by atoms with Gasteiger partial charge < -0.3 is 5.11 Å². The van der Waals surface area contributed by atoms with Crippen molar-refractivity contribution in [2.75, 3.05) is 5.75 Å². The van der Waals surface area contributed by atoms with Gasteiger partial charge in [-0.2, -0.15) is 0 Å². The third-order valence-electron chi connectivity index (χ3n) is 1.54. The molecule has 14 heavy (non-hydrogen) atoms. The SMILES string of the molecule is CC(O)/C=C(\I)CSc1ccccc1. The van der Waals surface area contributed by atoms with Gasteiger partial charge in [-0.3, -0.25) is 0 Å². The highest BCUT2D eigenvalue weighted by molar-refractivity contribution is 14.1. The predicted octanol–water partition coefficient (Wildman–Crippen LogP) is 3.48. The van der Waals surface area contributed by atoms with Gasteiger partial charge in [0.15, 0.2) is 0 Å². The second-order valence-corrected chi connectivity index (χ2v) is 5.39. The summed E-state index contributed by atoms with van der Waals surface area (Å²) in [4.78, 5) is 1.26. The molecule has 0 saturated heterocycles. The van der Waals surface area contributed by atoms with Gasteiger partial charge in [0.25, 0.3) is 0 Å². The van der Waals surface area contributed by atoms with Crippen LogP contribution in [0.25, 0.3) is 0 Å². The first-order valence-corrected chi connectivity index (χ1v) is 6.47. The quantitative estimate of drug-likeness (QED) is 0.677. The Bertz CT molecular complexity index is 295. The summed E-state index contributed by atoms with van der Waals surface area (Å²) in [5.41, 5.74) is 0. The number of hydrogen-bond donors (Lipinski definition) is 1. The highest BCUT2D eigenvalue weighted by atomic mass is 127. The fourth-order valence-corrected chi connectivity index (χ4v) is 2.72. The molecule has 1 aromatic rings. The third kappa shape index (κ3) is 5.02. The second kappa shape index (κ2) is 6.48. The summed E-state index contributed by atoms with van der Waals surface area (Å²) in [6.07, 6.45) is 1.52. The molecule has 0 heterocycles. The van der Waals surface area contributed by atoms with E-state index in [1.165, 1.54) is 8.48 Å². The molecule has 3 heteroatoms. The topological polar surface area (TPSA) is 20.2 Å². The van der Waals surface area contributed by atoms with Crippen LogP contribution >= 0.6 is 34.4 Å². The zero-order valence-electron chi connectivity index (χ0n) is 7.98. The van der Waals surface area contributed by atoms with Gasteiger partial charge in [0, 0.05) is 10.6 Å². The number of benzene rings is 1. The van der Waals surface area contributed by atoms with E-state index in [1.54, 1.807) is 18.7 Å². The molecule has 1 N–H and O–H groups in total. The largest absolute Gasteiger partial charge is 0.389 e. The van der Waals surface area contributed by atoms with E-state index in [0.717, 1.165) is 5.75 Å². The molecule has 1 rings (SSSR count). The highest BCUT2D eigenvalue weighted by Crippen LogP contribution is 2.22. The summed E-state index contributed by atoms with van der Waals surface area (Å²) in [6.45, 7) is 1.77. The van der Waals surface area contributed by atoms with Crippen molar-refractivity contribution in [3.63, 3.8) is 0 Å². The molecule has 0 aliphatic carbocycles. The van der Waals surface area contributed by atoms with Crippen molar-refractivity contribution in [1.29, 1.82) is 0 Å². The number of thioether (sulfide) groups is 1. The number of halogens is 1. The minimum atomic E-state index is -0.349. The molecule has 1 unspecified atom stereocenters. The Kier molecular flexibility index (Phi) is 5.59. The molecule has 1 atom stereocenters. The highest BCUT2D eigenvalue weighted by Gasteiger charge is 1.97. The van der Waals surface area contributed by atoms with Crippen LogP contribution in [0.4, 0.5) is 0 Å². The number of aliphatic hydroxyl groups excluding tert-OH is 1. The van der Waals surface area contributed by atoms with E-state index in [-0.39, 0.29) is 6.10 Å². The Hall–Kier alpha value is -0.000000000000000111. The fourth-order valence-electron chi connectivity index (χ4n) is 0.979. The first-order chi connectivity index (χ1) is 6.68. The van der Waals surface area contributed by atoms with E-state index in [9.17, 15) is 0 Å². The Morgan fingerprint density at radius 1 is 1.50 bits per heavy atom. The maximum Gasteiger partial charge on any atom is 0.0703 e. The molecule has 1 aromatic carbocycles. The van der Waals surface area contributed by atoms with Crippen LogP contribution in [0.1, 0.15) is 6.92 Å². The zero-order valence-corrected chi connectivity index (χ0v) is 11.0. The maximum absolute atomic E-state index is 9.13. The standard InChI is InChI=1S/C11H13IOS/c1-9(13)7-10(12)8-14-11-5-3-2-4-6-11/h2-7,9,13H,8H2,1H3/b10-7-. The first kappa shape index (κ1) is 12.1. The third-order valence-corrected chi connectivity index (χ3v) is 3.86. The van der Waals surface area contributed by atoms with E-state index < -0.39 is 0 Å². The number of hydrogen-bond acceptors (Lipinski definition) is 2. The first-order valence-electron chi connectivity index (χ1n) is 4.40. The van der Waals surface area contributed by atoms with Gasteiger partial charge in [-0.25, -0.2) is 0 Å². The molecular formula is C11H13IOS. The van der Waals surface area contributed by atoms with Crippen LogP contribution in [0, 0.1) is 0 Å². The van der Waals surface area contributed by atoms with Gasteiger partial charge in [0.2, 0.25) is 0 Å². The summed E-state index contributed by atoms with van der Waals surface area (Å²) in [7, 11) is 0. The fraction of sp³-hybridized carbons (Fsp3) is 0.273. The zero-order chi connectivity index (χ0) is 10.4. The Balaban J connectivity index is 2.42. The van der Waals surface area contributed by atoms with Crippen molar-refractivity contribution >= 4 is 34.4 Å². The molecule has 0 bridgehead atoms. The van der Waals surface area contributed by atoms with Crippen LogP contribution in [0.15, 0.2) is 44.9 Å². The van der Waals surface area contributed by atoms with Crippen LogP contribution in [0.5, 0.6) is 0 Å². The minimum absolute atomic E-state index is 0.349. The van der Waals surface area contributed by atoms with E-state index in [4.69, 9.17) is 5.11 Å². The lowest BCUT2D eigenvalue weighted by atomic mass is 10.4. The monoisotopic (exact) mass is 320 g/mol. The van der Waals surface area contributed by atoms with Crippen LogP contribution < -0.4 is 0 Å². The number of aliphatic hydroxyl groups is 1. The van der Waals surface area contributed by atoms with Crippen molar-refractivity contribution in [2.45, 2.75) is 17.9 Å². The lowest BCUT2D eigenvalue weighted by Crippen LogP contribution is -1.94. The van der Waals surface area contributed by atoms with E-state index in [2.05, 4.69) is 34.7 Å². The molecule has 76 valence electrons. The molecule has 0 fully saturated rings. The molecule has 1 nitrogen and oxygen atoms in total. The average Bonchev–Trinajstić information content (AvgIpc) is 2.15. The molecule has 0 amide bonds.